The molecule has 8 nitrogen and oxygen atoms in total. The molecule has 29 heavy (non-hydrogen) atoms. The number of fused-ring (bicyclic) bond motifs is 1. The zero-order valence-electron chi connectivity index (χ0n) is 16.1. The van der Waals surface area contributed by atoms with Crippen LogP contribution in [0.1, 0.15) is 56.4 Å². The summed E-state index contributed by atoms with van der Waals surface area (Å²) in [6.45, 7) is 3.54. The molecule has 1 aliphatic carbocycles. The van der Waals surface area contributed by atoms with Crippen molar-refractivity contribution in [2.24, 2.45) is 5.10 Å². The van der Waals surface area contributed by atoms with E-state index in [2.05, 4.69) is 20.8 Å². The number of nitrogens with zero attached hydrogens (tertiary/aromatic N) is 2. The van der Waals surface area contributed by atoms with Crippen LogP contribution in [0.25, 0.3) is 0 Å². The summed E-state index contributed by atoms with van der Waals surface area (Å²) in [5.41, 5.74) is 5.79. The predicted molar refractivity (Wildman–Crippen MR) is 106 cm³/mol. The molecule has 2 amide bonds. The summed E-state index contributed by atoms with van der Waals surface area (Å²) in [5.74, 6) is 0.790. The third-order valence-electron chi connectivity index (χ3n) is 4.85. The van der Waals surface area contributed by atoms with Crippen LogP contribution in [0.4, 0.5) is 5.69 Å². The van der Waals surface area contributed by atoms with Crippen molar-refractivity contribution in [3.05, 3.63) is 70.8 Å². The number of hydrogen-bond acceptors (Lipinski definition) is 6. The molecule has 0 aliphatic heterocycles. The molecule has 0 bridgehead atoms. The standard InChI is InChI=1S/C21H20N4O4/c1-12-18-16(24-25-20(26)15-8-10-28-13(15)2)6-3-7-17(18)29-19(12)21(27)23-14-5-4-9-22-11-14/h4-5,8-11H,3,6-7H2,1-2H3,(H,23,27)(H,25,26)/b24-16+. The lowest BCUT2D eigenvalue weighted by Gasteiger charge is -2.13. The number of nitrogens with one attached hydrogen (secondary N) is 2. The molecule has 0 fully saturated rings. The summed E-state index contributed by atoms with van der Waals surface area (Å²) >= 11 is 0. The Hall–Kier alpha value is -3.68. The molecule has 0 unspecified atom stereocenters. The van der Waals surface area contributed by atoms with Crippen LogP contribution in [0.15, 0.2) is 50.8 Å². The van der Waals surface area contributed by atoms with Gasteiger partial charge in [-0.3, -0.25) is 14.6 Å². The Morgan fingerprint density at radius 3 is 2.76 bits per heavy atom. The van der Waals surface area contributed by atoms with Gasteiger partial charge in [-0.05, 0) is 44.9 Å². The average Bonchev–Trinajstić information content (AvgIpc) is 3.30. The van der Waals surface area contributed by atoms with E-state index in [1.165, 1.54) is 6.26 Å². The number of pyridine rings is 1. The second-order valence-electron chi connectivity index (χ2n) is 6.79. The quantitative estimate of drug-likeness (QED) is 0.659. The molecule has 0 atom stereocenters. The Morgan fingerprint density at radius 2 is 2.03 bits per heavy atom. The summed E-state index contributed by atoms with van der Waals surface area (Å²) in [6.07, 6.45) is 6.88. The van der Waals surface area contributed by atoms with Gasteiger partial charge in [0.1, 0.15) is 11.5 Å². The molecule has 0 radical (unpaired) electrons. The van der Waals surface area contributed by atoms with E-state index < -0.39 is 0 Å². The number of furan rings is 2. The van der Waals surface area contributed by atoms with Crippen molar-refractivity contribution in [1.82, 2.24) is 10.4 Å². The number of hydrazone groups is 1. The SMILES string of the molecule is Cc1occc1C(=O)N/N=C1\CCCc2oc(C(=O)Nc3cccnc3)c(C)c21. The average molecular weight is 392 g/mol. The fraction of sp³-hybridized carbons (Fsp3) is 0.238. The van der Waals surface area contributed by atoms with Crippen LogP contribution in [0.2, 0.25) is 0 Å². The Kier molecular flexibility index (Phi) is 4.99. The molecule has 148 valence electrons. The van der Waals surface area contributed by atoms with Gasteiger partial charge in [0.05, 0.1) is 29.4 Å². The van der Waals surface area contributed by atoms with Crippen LogP contribution >= 0.6 is 0 Å². The first kappa shape index (κ1) is 18.7. The van der Waals surface area contributed by atoms with E-state index in [9.17, 15) is 9.59 Å². The van der Waals surface area contributed by atoms with Crippen molar-refractivity contribution in [2.45, 2.75) is 33.1 Å². The van der Waals surface area contributed by atoms with Crippen molar-refractivity contribution in [3.63, 3.8) is 0 Å². The summed E-state index contributed by atoms with van der Waals surface area (Å²) in [4.78, 5) is 29.0. The highest BCUT2D eigenvalue weighted by atomic mass is 16.4. The van der Waals surface area contributed by atoms with Crippen molar-refractivity contribution in [2.75, 3.05) is 5.32 Å². The van der Waals surface area contributed by atoms with Crippen LogP contribution in [-0.4, -0.2) is 22.5 Å². The van der Waals surface area contributed by atoms with Gasteiger partial charge in [-0.2, -0.15) is 5.10 Å². The molecule has 3 aromatic rings. The Morgan fingerprint density at radius 1 is 1.17 bits per heavy atom. The highest BCUT2D eigenvalue weighted by Crippen LogP contribution is 2.30. The molecule has 4 rings (SSSR count). The molecule has 0 saturated carbocycles. The van der Waals surface area contributed by atoms with Gasteiger partial charge in [0.15, 0.2) is 5.76 Å². The zero-order valence-corrected chi connectivity index (χ0v) is 16.1. The van der Waals surface area contributed by atoms with Crippen LogP contribution in [-0.2, 0) is 6.42 Å². The number of aromatic nitrogens is 1. The van der Waals surface area contributed by atoms with Gasteiger partial charge >= 0.3 is 0 Å². The molecule has 0 saturated heterocycles. The maximum Gasteiger partial charge on any atom is 0.291 e. The highest BCUT2D eigenvalue weighted by molar-refractivity contribution is 6.09. The van der Waals surface area contributed by atoms with E-state index in [0.717, 1.165) is 12.0 Å². The van der Waals surface area contributed by atoms with Crippen molar-refractivity contribution in [3.8, 4) is 0 Å². The molecule has 2 N–H and O–H groups in total. The summed E-state index contributed by atoms with van der Waals surface area (Å²) in [7, 11) is 0. The number of hydrogen-bond donors (Lipinski definition) is 2. The molecular formula is C21H20N4O4. The highest BCUT2D eigenvalue weighted by Gasteiger charge is 2.28. The molecular weight excluding hydrogens is 372 g/mol. The largest absolute Gasteiger partial charge is 0.469 e. The molecule has 1 aliphatic rings. The van der Waals surface area contributed by atoms with Crippen molar-refractivity contribution < 1.29 is 18.4 Å². The van der Waals surface area contributed by atoms with E-state index >= 15 is 0 Å². The number of anilines is 1. The number of amides is 2. The van der Waals surface area contributed by atoms with Gasteiger partial charge in [-0.15, -0.1) is 0 Å². The monoisotopic (exact) mass is 392 g/mol. The normalized spacial score (nSPS) is 14.5. The number of aryl methyl sites for hydroxylation is 2. The van der Waals surface area contributed by atoms with Gasteiger partial charge < -0.3 is 14.2 Å². The summed E-state index contributed by atoms with van der Waals surface area (Å²) < 4.78 is 11.0. The number of carbonyl (C=O) groups is 2. The lowest BCUT2D eigenvalue weighted by molar-refractivity contribution is 0.0952. The van der Waals surface area contributed by atoms with Gasteiger partial charge in [0, 0.05) is 23.7 Å². The first-order valence-electron chi connectivity index (χ1n) is 9.29. The van der Waals surface area contributed by atoms with Crippen LogP contribution in [0.5, 0.6) is 0 Å². The van der Waals surface area contributed by atoms with Gasteiger partial charge in [0.2, 0.25) is 0 Å². The second kappa shape index (κ2) is 7.75. The van der Waals surface area contributed by atoms with Crippen LogP contribution in [0.3, 0.4) is 0 Å². The molecule has 8 heteroatoms. The van der Waals surface area contributed by atoms with Crippen LogP contribution < -0.4 is 10.7 Å². The van der Waals surface area contributed by atoms with Crippen molar-refractivity contribution in [1.29, 1.82) is 0 Å². The molecule has 0 aromatic carbocycles. The molecule has 3 heterocycles. The molecule has 3 aromatic heterocycles. The Labute approximate surface area is 167 Å². The van der Waals surface area contributed by atoms with E-state index in [0.29, 0.717) is 46.9 Å². The second-order valence-corrected chi connectivity index (χ2v) is 6.79. The number of carbonyl (C=O) groups excluding carboxylic acids is 2. The Bertz CT molecular complexity index is 1100. The van der Waals surface area contributed by atoms with Gasteiger partial charge in [-0.25, -0.2) is 5.43 Å². The fourth-order valence-electron chi connectivity index (χ4n) is 3.42. The predicted octanol–water partition coefficient (Wildman–Crippen LogP) is 3.61. The van der Waals surface area contributed by atoms with E-state index in [4.69, 9.17) is 8.83 Å². The third-order valence-corrected chi connectivity index (χ3v) is 4.85. The molecule has 0 spiro atoms. The van der Waals surface area contributed by atoms with E-state index in [1.807, 2.05) is 6.92 Å². The summed E-state index contributed by atoms with van der Waals surface area (Å²) in [6, 6.07) is 5.09. The minimum Gasteiger partial charge on any atom is -0.469 e. The maximum absolute atomic E-state index is 12.7. The van der Waals surface area contributed by atoms with Gasteiger partial charge in [-0.1, -0.05) is 0 Å². The van der Waals surface area contributed by atoms with Crippen molar-refractivity contribution >= 4 is 23.2 Å². The number of rotatable bonds is 4. The maximum atomic E-state index is 12.7. The third kappa shape index (κ3) is 3.69. The Balaban J connectivity index is 1.58. The fourth-order valence-corrected chi connectivity index (χ4v) is 3.42. The zero-order chi connectivity index (χ0) is 20.4. The first-order chi connectivity index (χ1) is 14.0. The lowest BCUT2D eigenvalue weighted by Crippen LogP contribution is -2.22. The lowest BCUT2D eigenvalue weighted by atomic mass is 9.93. The first-order valence-corrected chi connectivity index (χ1v) is 9.29. The topological polar surface area (TPSA) is 110 Å². The van der Waals surface area contributed by atoms with E-state index in [-0.39, 0.29) is 17.6 Å². The smallest absolute Gasteiger partial charge is 0.291 e. The van der Waals surface area contributed by atoms with Crippen LogP contribution in [0, 0.1) is 13.8 Å². The minimum atomic E-state index is -0.345. The van der Waals surface area contributed by atoms with E-state index in [1.54, 1.807) is 37.5 Å². The summed E-state index contributed by atoms with van der Waals surface area (Å²) in [5, 5.41) is 7.10. The minimum absolute atomic E-state index is 0.241. The van der Waals surface area contributed by atoms with Gasteiger partial charge in [0.25, 0.3) is 11.8 Å².